The molecule has 1 heterocycles. The van der Waals surface area contributed by atoms with Crippen molar-refractivity contribution in [1.29, 1.82) is 0 Å². The number of phenols is 1. The zero-order valence-corrected chi connectivity index (χ0v) is 19.0. The van der Waals surface area contributed by atoms with E-state index in [1.807, 2.05) is 0 Å². The number of thioether (sulfide) groups is 1. The minimum Gasteiger partial charge on any atom is -0.500 e. The van der Waals surface area contributed by atoms with Crippen molar-refractivity contribution in [2.45, 2.75) is 13.8 Å². The van der Waals surface area contributed by atoms with Crippen molar-refractivity contribution < 1.29 is 29.2 Å². The highest BCUT2D eigenvalue weighted by Gasteiger charge is 2.36. The Morgan fingerprint density at radius 1 is 1.33 bits per heavy atom. The maximum atomic E-state index is 12.7. The lowest BCUT2D eigenvalue weighted by atomic mass is 10.1. The number of anilines is 1. The third kappa shape index (κ3) is 5.44. The second-order valence-electron chi connectivity index (χ2n) is 6.86. The van der Waals surface area contributed by atoms with Gasteiger partial charge in [-0.2, -0.15) is 0 Å². The standard InChI is InChI=1S/C21H18ClN3O7S/c1-3-32-16-7-12(6-15(19(16)27)25(30)31)8-17-20(28)24(21(29)33-17)10-18(26)23-13-5-4-11(2)14(22)9-13/h4-9,27H,3,10H2,1-2H3,(H,23,26)/b17-8-. The van der Waals surface area contributed by atoms with Gasteiger partial charge in [0.2, 0.25) is 11.7 Å². The number of ether oxygens (including phenoxy) is 1. The van der Waals surface area contributed by atoms with Gasteiger partial charge in [-0.3, -0.25) is 29.4 Å². The Kier molecular flexibility index (Phi) is 7.24. The minimum atomic E-state index is -0.789. The number of carbonyl (C=O) groups excluding carboxylic acids is 3. The monoisotopic (exact) mass is 491 g/mol. The molecule has 0 atom stereocenters. The summed E-state index contributed by atoms with van der Waals surface area (Å²) < 4.78 is 5.21. The summed E-state index contributed by atoms with van der Waals surface area (Å²) in [5.41, 5.74) is 0.806. The predicted molar refractivity (Wildman–Crippen MR) is 123 cm³/mol. The van der Waals surface area contributed by atoms with Crippen molar-refractivity contribution in [1.82, 2.24) is 4.90 Å². The van der Waals surface area contributed by atoms with Crippen LogP contribution in [0, 0.1) is 17.0 Å². The third-order valence-corrected chi connectivity index (χ3v) is 5.82. The number of halogens is 1. The Balaban J connectivity index is 1.80. The van der Waals surface area contributed by atoms with E-state index >= 15 is 0 Å². The van der Waals surface area contributed by atoms with Gasteiger partial charge in [0.1, 0.15) is 6.54 Å². The summed E-state index contributed by atoms with van der Waals surface area (Å²) in [6.45, 7) is 3.07. The topological polar surface area (TPSA) is 139 Å². The Labute approximate surface area is 197 Å². The van der Waals surface area contributed by atoms with Crippen LogP contribution in [-0.4, -0.2) is 45.1 Å². The molecule has 1 aliphatic rings. The van der Waals surface area contributed by atoms with Crippen molar-refractivity contribution in [2.75, 3.05) is 18.5 Å². The summed E-state index contributed by atoms with van der Waals surface area (Å²) in [7, 11) is 0. The molecule has 1 aliphatic heterocycles. The molecule has 33 heavy (non-hydrogen) atoms. The largest absolute Gasteiger partial charge is 0.500 e. The Morgan fingerprint density at radius 3 is 2.70 bits per heavy atom. The van der Waals surface area contributed by atoms with E-state index in [1.54, 1.807) is 32.0 Å². The lowest BCUT2D eigenvalue weighted by Crippen LogP contribution is -2.36. The third-order valence-electron chi connectivity index (χ3n) is 4.50. The van der Waals surface area contributed by atoms with Crippen molar-refractivity contribution in [3.63, 3.8) is 0 Å². The van der Waals surface area contributed by atoms with E-state index in [1.165, 1.54) is 12.1 Å². The van der Waals surface area contributed by atoms with Crippen molar-refractivity contribution in [2.24, 2.45) is 0 Å². The van der Waals surface area contributed by atoms with Crippen LogP contribution in [0.3, 0.4) is 0 Å². The van der Waals surface area contributed by atoms with Crippen LogP contribution in [0.2, 0.25) is 5.02 Å². The molecule has 0 unspecified atom stereocenters. The van der Waals surface area contributed by atoms with E-state index in [4.69, 9.17) is 16.3 Å². The number of aryl methyl sites for hydroxylation is 1. The van der Waals surface area contributed by atoms with Gasteiger partial charge in [-0.1, -0.05) is 17.7 Å². The quantitative estimate of drug-likeness (QED) is 0.331. The molecule has 10 nitrogen and oxygen atoms in total. The fraction of sp³-hybridized carbons (Fsp3) is 0.190. The number of nitro groups is 1. The first-order valence-electron chi connectivity index (χ1n) is 9.56. The molecule has 3 amide bonds. The summed E-state index contributed by atoms with van der Waals surface area (Å²) in [5, 5.41) is 23.6. The van der Waals surface area contributed by atoms with Crippen molar-refractivity contribution in [3.05, 3.63) is 61.5 Å². The summed E-state index contributed by atoms with van der Waals surface area (Å²) in [4.78, 5) is 48.5. The molecule has 1 fully saturated rings. The van der Waals surface area contributed by atoms with Crippen LogP contribution in [0.4, 0.5) is 16.2 Å². The minimum absolute atomic E-state index is 0.0337. The van der Waals surface area contributed by atoms with Crippen LogP contribution >= 0.6 is 23.4 Å². The number of nitro benzene ring substituents is 1. The van der Waals surface area contributed by atoms with Crippen LogP contribution in [0.5, 0.6) is 11.5 Å². The highest BCUT2D eigenvalue weighted by molar-refractivity contribution is 8.18. The zero-order valence-electron chi connectivity index (χ0n) is 17.5. The fourth-order valence-corrected chi connectivity index (χ4v) is 3.92. The van der Waals surface area contributed by atoms with Gasteiger partial charge in [-0.05, 0) is 61.0 Å². The van der Waals surface area contributed by atoms with Gasteiger partial charge in [-0.15, -0.1) is 0 Å². The Bertz CT molecular complexity index is 1200. The zero-order chi connectivity index (χ0) is 24.3. The van der Waals surface area contributed by atoms with Crippen LogP contribution < -0.4 is 10.1 Å². The number of benzene rings is 2. The number of nitrogens with zero attached hydrogens (tertiary/aromatic N) is 2. The molecule has 3 rings (SSSR count). The molecule has 2 N–H and O–H groups in total. The number of imide groups is 1. The number of nitrogens with one attached hydrogen (secondary N) is 1. The Morgan fingerprint density at radius 2 is 2.06 bits per heavy atom. The maximum Gasteiger partial charge on any atom is 0.315 e. The molecule has 172 valence electrons. The predicted octanol–water partition coefficient (Wildman–Crippen LogP) is 4.34. The highest BCUT2D eigenvalue weighted by atomic mass is 35.5. The first-order valence-corrected chi connectivity index (χ1v) is 10.8. The van der Waals surface area contributed by atoms with Gasteiger partial charge in [-0.25, -0.2) is 0 Å². The van der Waals surface area contributed by atoms with Gasteiger partial charge in [0.25, 0.3) is 11.1 Å². The van der Waals surface area contributed by atoms with E-state index in [-0.39, 0.29) is 22.8 Å². The molecule has 0 aliphatic carbocycles. The van der Waals surface area contributed by atoms with Gasteiger partial charge >= 0.3 is 5.69 Å². The van der Waals surface area contributed by atoms with E-state index < -0.39 is 40.0 Å². The molecule has 0 aromatic heterocycles. The average molecular weight is 492 g/mol. The fourth-order valence-electron chi connectivity index (χ4n) is 2.90. The summed E-state index contributed by atoms with van der Waals surface area (Å²) in [6.07, 6.45) is 1.26. The number of rotatable bonds is 7. The van der Waals surface area contributed by atoms with Crippen molar-refractivity contribution in [3.8, 4) is 11.5 Å². The normalized spacial score (nSPS) is 14.6. The first-order chi connectivity index (χ1) is 15.6. The second kappa shape index (κ2) is 9.92. The molecular weight excluding hydrogens is 474 g/mol. The van der Waals surface area contributed by atoms with Crippen molar-refractivity contribution >= 4 is 57.9 Å². The number of carbonyl (C=O) groups is 3. The lowest BCUT2D eigenvalue weighted by molar-refractivity contribution is -0.386. The van der Waals surface area contributed by atoms with Crippen LogP contribution in [0.1, 0.15) is 18.1 Å². The summed E-state index contributed by atoms with van der Waals surface area (Å²) in [6, 6.07) is 7.28. The van der Waals surface area contributed by atoms with E-state index in [9.17, 15) is 29.6 Å². The van der Waals surface area contributed by atoms with E-state index in [0.717, 1.165) is 16.5 Å². The molecule has 2 aromatic rings. The number of aromatic hydroxyl groups is 1. The molecule has 0 radical (unpaired) electrons. The van der Waals surface area contributed by atoms with Gasteiger partial charge in [0.05, 0.1) is 16.4 Å². The van der Waals surface area contributed by atoms with E-state index in [2.05, 4.69) is 5.32 Å². The molecule has 0 saturated carbocycles. The average Bonchev–Trinajstić information content (AvgIpc) is 3.00. The summed E-state index contributed by atoms with van der Waals surface area (Å²) >= 11 is 6.63. The van der Waals surface area contributed by atoms with E-state index in [0.29, 0.717) is 22.5 Å². The SMILES string of the molecule is CCOc1cc(/C=C2\SC(=O)N(CC(=O)Nc3ccc(C)c(Cl)c3)C2=O)cc([N+](=O)[O-])c1O. The lowest BCUT2D eigenvalue weighted by Gasteiger charge is -2.13. The molecule has 12 heteroatoms. The van der Waals surface area contributed by atoms with Gasteiger partial charge < -0.3 is 15.2 Å². The van der Waals surface area contributed by atoms with Crippen LogP contribution in [0.25, 0.3) is 6.08 Å². The highest BCUT2D eigenvalue weighted by Crippen LogP contribution is 2.39. The molecular formula is C21H18ClN3O7S. The molecule has 2 aromatic carbocycles. The Hall–Kier alpha value is -3.57. The molecule has 0 bridgehead atoms. The molecule has 1 saturated heterocycles. The maximum absolute atomic E-state index is 12.7. The van der Waals surface area contributed by atoms with Gasteiger partial charge in [0, 0.05) is 16.8 Å². The molecule has 0 spiro atoms. The van der Waals surface area contributed by atoms with Gasteiger partial charge in [0.15, 0.2) is 5.75 Å². The smallest absolute Gasteiger partial charge is 0.315 e. The van der Waals surface area contributed by atoms with Crippen LogP contribution in [-0.2, 0) is 9.59 Å². The van der Waals surface area contributed by atoms with Crippen LogP contribution in [0.15, 0.2) is 35.2 Å². The number of hydrogen-bond acceptors (Lipinski definition) is 8. The number of phenolic OH excluding ortho intramolecular Hbond substituents is 1. The number of amides is 3. The second-order valence-corrected chi connectivity index (χ2v) is 8.26. The number of hydrogen-bond donors (Lipinski definition) is 2. The first kappa shape index (κ1) is 24.1. The summed E-state index contributed by atoms with van der Waals surface area (Å²) in [5.74, 6) is -2.10.